The first-order valence-corrected chi connectivity index (χ1v) is 18.1. The second-order valence-corrected chi connectivity index (χ2v) is 16.2. The molecule has 0 aliphatic carbocycles. The van der Waals surface area contributed by atoms with Gasteiger partial charge in [-0.3, -0.25) is 21.3 Å². The molecule has 0 aliphatic rings. The van der Waals surface area contributed by atoms with Gasteiger partial charge in [0.2, 0.25) is 11.9 Å². The minimum absolute atomic E-state index is 0.0200. The number of alkyl carbamates (subject to hydrolysis) is 4. The Morgan fingerprint density at radius 3 is 1.25 bits per heavy atom. The summed E-state index contributed by atoms with van der Waals surface area (Å²) in [4.78, 5) is 58.5. The molecule has 6 N–H and O–H groups in total. The number of nitrogens with one attached hydrogen (secondary N) is 4. The van der Waals surface area contributed by atoms with Crippen molar-refractivity contribution in [3.05, 3.63) is 48.0 Å². The SMILES string of the molecule is CC(C)(C)OC(=O)NC(=NCCOc1ccccc1-c1cc(CN)ccc1OCCN=C(NC(=O)OC(C)(C)C)NC(=O)OC(C)(C)C)NC(=O)OC(C)(C)C. The van der Waals surface area contributed by atoms with Gasteiger partial charge in [0.05, 0.1) is 13.1 Å². The fourth-order valence-corrected chi connectivity index (χ4v) is 4.30. The molecular weight excluding hydrogens is 726 g/mol. The number of amides is 4. The van der Waals surface area contributed by atoms with Gasteiger partial charge in [-0.1, -0.05) is 24.3 Å². The number of para-hydroxylation sites is 1. The van der Waals surface area contributed by atoms with Crippen molar-refractivity contribution in [1.29, 1.82) is 0 Å². The summed E-state index contributed by atoms with van der Waals surface area (Å²) in [5.74, 6) is 0.624. The van der Waals surface area contributed by atoms with E-state index in [-0.39, 0.29) is 44.8 Å². The molecule has 56 heavy (non-hydrogen) atoms. The van der Waals surface area contributed by atoms with Gasteiger partial charge in [0.15, 0.2) is 0 Å². The van der Waals surface area contributed by atoms with Gasteiger partial charge in [0.1, 0.15) is 47.1 Å². The zero-order valence-electron chi connectivity index (χ0n) is 34.6. The largest absolute Gasteiger partial charge is 0.491 e. The van der Waals surface area contributed by atoms with Crippen molar-refractivity contribution in [3.8, 4) is 22.6 Å². The highest BCUT2D eigenvalue weighted by Crippen LogP contribution is 2.37. The fourth-order valence-electron chi connectivity index (χ4n) is 4.30. The molecule has 0 aliphatic heterocycles. The lowest BCUT2D eigenvalue weighted by molar-refractivity contribution is 0.0521. The molecule has 310 valence electrons. The highest BCUT2D eigenvalue weighted by molar-refractivity contribution is 6.02. The molecule has 17 heteroatoms. The van der Waals surface area contributed by atoms with E-state index < -0.39 is 46.8 Å². The smallest absolute Gasteiger partial charge is 0.414 e. The molecule has 2 rings (SSSR count). The summed E-state index contributed by atoms with van der Waals surface area (Å²) in [6.45, 7) is 20.9. The molecule has 0 bridgehead atoms. The Bertz CT molecular complexity index is 1650. The van der Waals surface area contributed by atoms with Crippen molar-refractivity contribution < 1.29 is 47.6 Å². The predicted octanol–water partition coefficient (Wildman–Crippen LogP) is 6.38. The van der Waals surface area contributed by atoms with E-state index in [2.05, 4.69) is 31.3 Å². The molecule has 0 unspecified atom stereocenters. The molecule has 0 saturated heterocycles. The second-order valence-electron chi connectivity index (χ2n) is 16.2. The topological polar surface area (TPSA) is 223 Å². The number of carbonyl (C=O) groups excluding carboxylic acids is 4. The van der Waals surface area contributed by atoms with Crippen LogP contribution in [0.4, 0.5) is 19.2 Å². The zero-order valence-corrected chi connectivity index (χ0v) is 34.6. The van der Waals surface area contributed by atoms with E-state index in [1.165, 1.54) is 0 Å². The fraction of sp³-hybridized carbons (Fsp3) is 0.538. The monoisotopic (exact) mass is 785 g/mol. The van der Waals surface area contributed by atoms with Crippen LogP contribution in [0.3, 0.4) is 0 Å². The maximum absolute atomic E-state index is 12.5. The quantitative estimate of drug-likeness (QED) is 0.0769. The Labute approximate surface area is 329 Å². The third-order valence-corrected chi connectivity index (χ3v) is 6.17. The normalized spacial score (nSPS) is 11.6. The average Bonchev–Trinajstić information content (AvgIpc) is 3.01. The van der Waals surface area contributed by atoms with E-state index >= 15 is 0 Å². The van der Waals surface area contributed by atoms with E-state index in [1.807, 2.05) is 24.3 Å². The predicted molar refractivity (Wildman–Crippen MR) is 213 cm³/mol. The number of nitrogens with zero attached hydrogens (tertiary/aromatic N) is 2. The van der Waals surface area contributed by atoms with Crippen LogP contribution in [0.15, 0.2) is 52.4 Å². The summed E-state index contributed by atoms with van der Waals surface area (Å²) in [6.07, 6.45) is -3.26. The van der Waals surface area contributed by atoms with Crippen LogP contribution in [-0.4, -0.2) is 85.0 Å². The maximum Gasteiger partial charge on any atom is 0.414 e. The lowest BCUT2D eigenvalue weighted by atomic mass is 10.0. The van der Waals surface area contributed by atoms with Crippen LogP contribution < -0.4 is 36.5 Å². The Balaban J connectivity index is 2.27. The maximum atomic E-state index is 12.5. The Morgan fingerprint density at radius 1 is 0.536 bits per heavy atom. The number of benzene rings is 2. The summed E-state index contributed by atoms with van der Waals surface area (Å²) < 4.78 is 33.5. The van der Waals surface area contributed by atoms with Crippen LogP contribution in [0.1, 0.15) is 88.6 Å². The van der Waals surface area contributed by atoms with Crippen LogP contribution >= 0.6 is 0 Å². The number of nitrogens with two attached hydrogens (primary N) is 1. The van der Waals surface area contributed by atoms with E-state index in [4.69, 9.17) is 34.2 Å². The van der Waals surface area contributed by atoms with Gasteiger partial charge in [-0.15, -0.1) is 0 Å². The third kappa shape index (κ3) is 19.7. The number of hydrogen-bond acceptors (Lipinski definition) is 13. The summed E-state index contributed by atoms with van der Waals surface area (Å²) in [5, 5.41) is 9.78. The first-order chi connectivity index (χ1) is 25.8. The number of hydrogen-bond donors (Lipinski definition) is 5. The van der Waals surface area contributed by atoms with Crippen molar-refractivity contribution in [1.82, 2.24) is 21.3 Å². The minimum atomic E-state index is -0.815. The zero-order chi connectivity index (χ0) is 42.3. The highest BCUT2D eigenvalue weighted by atomic mass is 16.6. The number of ether oxygens (including phenoxy) is 6. The molecule has 0 heterocycles. The lowest BCUT2D eigenvalue weighted by Crippen LogP contribution is -2.47. The molecule has 0 aromatic heterocycles. The number of guanidine groups is 2. The molecule has 0 saturated carbocycles. The van der Waals surface area contributed by atoms with Crippen LogP contribution in [0.5, 0.6) is 11.5 Å². The van der Waals surface area contributed by atoms with Crippen molar-refractivity contribution in [2.24, 2.45) is 15.7 Å². The van der Waals surface area contributed by atoms with Gasteiger partial charge >= 0.3 is 24.4 Å². The van der Waals surface area contributed by atoms with E-state index in [9.17, 15) is 19.2 Å². The molecule has 0 radical (unpaired) electrons. The van der Waals surface area contributed by atoms with Crippen molar-refractivity contribution >= 4 is 36.3 Å². The summed E-state index contributed by atoms with van der Waals surface area (Å²) in [7, 11) is 0. The highest BCUT2D eigenvalue weighted by Gasteiger charge is 2.23. The van der Waals surface area contributed by atoms with Gasteiger partial charge in [-0.05, 0) is 107 Å². The van der Waals surface area contributed by atoms with E-state index in [0.717, 1.165) is 5.56 Å². The Morgan fingerprint density at radius 2 is 0.893 bits per heavy atom. The van der Waals surface area contributed by atoms with Crippen LogP contribution in [-0.2, 0) is 25.5 Å². The van der Waals surface area contributed by atoms with Gasteiger partial charge in [-0.25, -0.2) is 29.2 Å². The summed E-state index contributed by atoms with van der Waals surface area (Å²) in [5.41, 5.74) is 5.03. The summed E-state index contributed by atoms with van der Waals surface area (Å²) >= 11 is 0. The van der Waals surface area contributed by atoms with Crippen molar-refractivity contribution in [2.45, 2.75) is 112 Å². The third-order valence-electron chi connectivity index (χ3n) is 6.17. The average molecular weight is 786 g/mol. The van der Waals surface area contributed by atoms with Crippen LogP contribution in [0.2, 0.25) is 0 Å². The van der Waals surface area contributed by atoms with Gasteiger partial charge in [-0.2, -0.15) is 0 Å². The van der Waals surface area contributed by atoms with Crippen LogP contribution in [0.25, 0.3) is 11.1 Å². The molecule has 2 aromatic carbocycles. The molecular formula is C39H59N7O10. The number of rotatable bonds is 10. The molecule has 17 nitrogen and oxygen atoms in total. The Kier molecular flexibility index (Phi) is 16.9. The summed E-state index contributed by atoms with van der Waals surface area (Å²) in [6, 6.07) is 12.8. The molecule has 4 amide bonds. The van der Waals surface area contributed by atoms with Crippen molar-refractivity contribution in [2.75, 3.05) is 26.3 Å². The molecule has 2 aromatic rings. The van der Waals surface area contributed by atoms with Gasteiger partial charge in [0.25, 0.3) is 0 Å². The molecule has 0 spiro atoms. The molecule has 0 fully saturated rings. The first kappa shape index (κ1) is 46.6. The standard InChI is InChI=1S/C39H59N7O10/c1-36(2,3)53-32(47)43-30(44-33(48)54-37(4,5)6)41-19-21-51-28-16-14-13-15-26(28)27-23-25(24-40)17-18-29(27)52-22-20-42-31(45-34(49)55-38(7,8)9)46-35(50)56-39(10,11)12/h13-18,23H,19-22,24,40H2,1-12H3,(H2,41,43,44,47,48)(H2,42,45,46,49,50). The Hall–Kier alpha value is -5.58. The van der Waals surface area contributed by atoms with Gasteiger partial charge < -0.3 is 34.2 Å². The second kappa shape index (κ2) is 20.4. The minimum Gasteiger partial charge on any atom is -0.491 e. The molecule has 0 atom stereocenters. The first-order valence-electron chi connectivity index (χ1n) is 18.1. The van der Waals surface area contributed by atoms with Crippen molar-refractivity contribution in [3.63, 3.8) is 0 Å². The number of aliphatic imine (C=N–C) groups is 2. The van der Waals surface area contributed by atoms with Gasteiger partial charge in [0, 0.05) is 17.7 Å². The van der Waals surface area contributed by atoms with Crippen LogP contribution in [0, 0.1) is 0 Å². The lowest BCUT2D eigenvalue weighted by Gasteiger charge is -2.22. The van der Waals surface area contributed by atoms with E-state index in [1.54, 1.807) is 101 Å². The van der Waals surface area contributed by atoms with E-state index in [0.29, 0.717) is 22.6 Å². The number of carbonyl (C=O) groups is 4.